The van der Waals surface area contributed by atoms with Gasteiger partial charge in [-0.05, 0) is 55.5 Å². The lowest BCUT2D eigenvalue weighted by molar-refractivity contribution is -0.458. The Balaban J connectivity index is 0.000000364. The fourth-order valence-electron chi connectivity index (χ4n) is 3.67. The van der Waals surface area contributed by atoms with E-state index in [0.29, 0.717) is 6.61 Å². The molecule has 0 unspecified atom stereocenters. The molecule has 3 aromatic rings. The minimum Gasteiger partial charge on any atom is -0.743 e. The predicted molar refractivity (Wildman–Crippen MR) is 143 cm³/mol. The second-order valence-corrected chi connectivity index (χ2v) is 13.2. The van der Waals surface area contributed by atoms with Crippen LogP contribution in [-0.2, 0) is 21.0 Å². The number of halogens is 17. The summed E-state index contributed by atoms with van der Waals surface area (Å²) in [7, 11) is -8.23. The Bertz CT molecular complexity index is 1660. The van der Waals surface area contributed by atoms with Gasteiger partial charge in [-0.2, -0.15) is 74.6 Å². The summed E-state index contributed by atoms with van der Waals surface area (Å²) in [6.07, 6.45) is -7.89. The summed E-state index contributed by atoms with van der Waals surface area (Å²) in [5.74, 6) is -51.2. The van der Waals surface area contributed by atoms with Crippen LogP contribution in [0.4, 0.5) is 74.6 Å². The number of rotatable bonds is 12. The van der Waals surface area contributed by atoms with Gasteiger partial charge >= 0.3 is 47.0 Å². The molecule has 51 heavy (non-hydrogen) atoms. The van der Waals surface area contributed by atoms with Crippen molar-refractivity contribution in [1.29, 1.82) is 0 Å². The van der Waals surface area contributed by atoms with Crippen molar-refractivity contribution in [3.8, 4) is 5.75 Å². The standard InChI is InChI=1S/C20H19OS.C8HF17O3S/c1-2-21-17-13-15-20(16-14-17)22(18-9-5-3-6-10-18)19-11-7-4-8-12-19;9-1(10,3(13,14)5(17,18)7(21,22)23)2(11,12)4(15,16)6(19,20)8(24,25)29(26,27)28/h3-16H,2H2,1H3;(H,26,27,28)/q+1;/p-1. The van der Waals surface area contributed by atoms with E-state index in [2.05, 4.69) is 84.9 Å². The lowest BCUT2D eigenvalue weighted by atomic mass is 9.91. The van der Waals surface area contributed by atoms with Gasteiger partial charge in [0.15, 0.2) is 24.8 Å². The molecule has 0 saturated carbocycles. The second-order valence-electron chi connectivity index (χ2n) is 9.75. The van der Waals surface area contributed by atoms with Crippen LogP contribution in [0.5, 0.6) is 5.75 Å². The van der Waals surface area contributed by atoms with Crippen molar-refractivity contribution < 1.29 is 92.3 Å². The Kier molecular flexibility index (Phi) is 12.4. The Morgan fingerprint density at radius 3 is 1.14 bits per heavy atom. The van der Waals surface area contributed by atoms with Crippen molar-refractivity contribution in [1.82, 2.24) is 0 Å². The highest BCUT2D eigenvalue weighted by Gasteiger charge is 2.95. The van der Waals surface area contributed by atoms with Gasteiger partial charge < -0.3 is 9.29 Å². The van der Waals surface area contributed by atoms with Crippen LogP contribution in [0.2, 0.25) is 0 Å². The van der Waals surface area contributed by atoms with Crippen molar-refractivity contribution in [2.45, 2.75) is 68.6 Å². The molecule has 23 heteroatoms. The molecule has 0 aliphatic heterocycles. The smallest absolute Gasteiger partial charge is 0.460 e. The van der Waals surface area contributed by atoms with Crippen molar-refractivity contribution in [2.24, 2.45) is 0 Å². The van der Waals surface area contributed by atoms with Gasteiger partial charge in [-0.1, -0.05) is 36.4 Å². The van der Waals surface area contributed by atoms with Crippen molar-refractivity contribution in [3.05, 3.63) is 84.9 Å². The van der Waals surface area contributed by atoms with E-state index in [9.17, 15) is 87.6 Å². The summed E-state index contributed by atoms with van der Waals surface area (Å²) in [6.45, 7) is 2.70. The average Bonchev–Trinajstić information content (AvgIpc) is 3.02. The number of alkyl halides is 17. The molecule has 0 heterocycles. The first kappa shape index (κ1) is 43.7. The molecule has 3 aromatic carbocycles. The summed E-state index contributed by atoms with van der Waals surface area (Å²) < 4.78 is 250. The maximum Gasteiger partial charge on any atom is 0.460 e. The van der Waals surface area contributed by atoms with Crippen molar-refractivity contribution in [2.75, 3.05) is 6.61 Å². The van der Waals surface area contributed by atoms with Crippen molar-refractivity contribution in [3.63, 3.8) is 0 Å². The molecule has 0 saturated heterocycles. The molecule has 0 atom stereocenters. The fraction of sp³-hybridized carbons (Fsp3) is 0.357. The SMILES string of the molecule is CCOc1ccc([S+](c2ccccc2)c2ccccc2)cc1.O=S(=O)([O-])C(F)(F)C(F)(F)C(F)(F)C(F)(F)C(F)(F)C(F)(F)C(F)(F)C(F)(F)F. The van der Waals surface area contributed by atoms with E-state index in [0.717, 1.165) is 5.75 Å². The van der Waals surface area contributed by atoms with Crippen LogP contribution >= 0.6 is 0 Å². The quantitative estimate of drug-likeness (QED) is 0.104. The third kappa shape index (κ3) is 7.69. The first-order chi connectivity index (χ1) is 22.9. The molecule has 0 aromatic heterocycles. The van der Waals surface area contributed by atoms with E-state index in [-0.39, 0.29) is 10.9 Å². The van der Waals surface area contributed by atoms with Gasteiger partial charge in [0.1, 0.15) is 5.75 Å². The summed E-state index contributed by atoms with van der Waals surface area (Å²) in [5, 5.41) is -7.95. The van der Waals surface area contributed by atoms with Gasteiger partial charge in [0.2, 0.25) is 0 Å². The molecule has 0 amide bonds. The minimum absolute atomic E-state index is 0.0824. The molecule has 0 aliphatic rings. The lowest BCUT2D eigenvalue weighted by Gasteiger charge is -2.42. The van der Waals surface area contributed by atoms with Gasteiger partial charge in [0.25, 0.3) is 0 Å². The van der Waals surface area contributed by atoms with E-state index in [1.165, 1.54) is 14.7 Å². The van der Waals surface area contributed by atoms with E-state index < -0.39 is 57.1 Å². The van der Waals surface area contributed by atoms with E-state index >= 15 is 0 Å². The number of hydrogen-bond donors (Lipinski definition) is 0. The molecule has 0 spiro atoms. The first-order valence-corrected chi connectivity index (χ1v) is 15.8. The molecule has 0 radical (unpaired) electrons. The number of ether oxygens (including phenoxy) is 1. The van der Waals surface area contributed by atoms with Crippen LogP contribution in [0.25, 0.3) is 0 Å². The zero-order valence-electron chi connectivity index (χ0n) is 24.7. The van der Waals surface area contributed by atoms with Crippen molar-refractivity contribution >= 4 is 21.0 Å². The predicted octanol–water partition coefficient (Wildman–Crippen LogP) is 9.68. The highest BCUT2D eigenvalue weighted by atomic mass is 32.2. The third-order valence-electron chi connectivity index (χ3n) is 6.34. The highest BCUT2D eigenvalue weighted by Crippen LogP contribution is 2.64. The molecule has 0 fully saturated rings. The van der Waals surface area contributed by atoms with Crippen LogP contribution < -0.4 is 4.74 Å². The molecular weight excluding hydrogens is 787 g/mol. The summed E-state index contributed by atoms with van der Waals surface area (Å²) in [5.41, 5.74) is 0. The Morgan fingerprint density at radius 2 is 0.824 bits per heavy atom. The minimum atomic E-state index is -8.92. The van der Waals surface area contributed by atoms with Crippen LogP contribution in [0.1, 0.15) is 6.92 Å². The molecule has 3 rings (SSSR count). The van der Waals surface area contributed by atoms with Gasteiger partial charge in [-0.3, -0.25) is 0 Å². The second kappa shape index (κ2) is 14.5. The van der Waals surface area contributed by atoms with Crippen LogP contribution in [0.15, 0.2) is 99.6 Å². The van der Waals surface area contributed by atoms with Gasteiger partial charge in [-0.25, -0.2) is 8.42 Å². The van der Waals surface area contributed by atoms with Gasteiger partial charge in [-0.15, -0.1) is 0 Å². The Hall–Kier alpha value is -3.47. The maximum atomic E-state index is 13.0. The molecule has 0 bridgehead atoms. The van der Waals surface area contributed by atoms with Crippen LogP contribution in [0.3, 0.4) is 0 Å². The van der Waals surface area contributed by atoms with Gasteiger partial charge in [0, 0.05) is 0 Å². The first-order valence-electron chi connectivity index (χ1n) is 13.1. The number of benzene rings is 3. The lowest BCUT2D eigenvalue weighted by Crippen LogP contribution is -2.75. The van der Waals surface area contributed by atoms with E-state index in [1.807, 2.05) is 6.92 Å². The molecule has 286 valence electrons. The summed E-state index contributed by atoms with van der Waals surface area (Å²) in [4.78, 5) is 3.97. The van der Waals surface area contributed by atoms with Crippen LogP contribution in [0, 0.1) is 0 Å². The van der Waals surface area contributed by atoms with Gasteiger partial charge in [0.05, 0.1) is 17.5 Å². The zero-order chi connectivity index (χ0) is 39.7. The van der Waals surface area contributed by atoms with E-state index in [1.54, 1.807) is 0 Å². The maximum absolute atomic E-state index is 13.0. The molecule has 0 aliphatic carbocycles. The molecule has 4 nitrogen and oxygen atoms in total. The number of hydrogen-bond acceptors (Lipinski definition) is 4. The molecule has 0 N–H and O–H groups in total. The molecular formula is C28H19F17O4S2. The topological polar surface area (TPSA) is 66.4 Å². The summed E-state index contributed by atoms with van der Waals surface area (Å²) >= 11 is 0. The zero-order valence-corrected chi connectivity index (χ0v) is 26.3. The summed E-state index contributed by atoms with van der Waals surface area (Å²) in [6, 6.07) is 29.8. The highest BCUT2D eigenvalue weighted by molar-refractivity contribution is 7.97. The Labute approximate surface area is 279 Å². The Morgan fingerprint density at radius 1 is 0.510 bits per heavy atom. The monoisotopic (exact) mass is 806 g/mol. The van der Waals surface area contributed by atoms with E-state index in [4.69, 9.17) is 4.74 Å². The van der Waals surface area contributed by atoms with Crippen LogP contribution in [-0.4, -0.2) is 66.5 Å². The normalized spacial score (nSPS) is 14.2. The average molecular weight is 807 g/mol. The fourth-order valence-corrected chi connectivity index (χ4v) is 6.19. The largest absolute Gasteiger partial charge is 0.743 e. The third-order valence-corrected chi connectivity index (χ3v) is 9.45.